The van der Waals surface area contributed by atoms with Crippen LogP contribution in [0.15, 0.2) is 30.3 Å². The molecule has 0 atom stereocenters. The average molecular weight is 230 g/mol. The minimum Gasteiger partial charge on any atom is -0.383 e. The molecule has 17 heavy (non-hydrogen) atoms. The Hall–Kier alpha value is -1.81. The third kappa shape index (κ3) is 2.31. The van der Waals surface area contributed by atoms with E-state index in [0.717, 1.165) is 35.7 Å². The quantitative estimate of drug-likeness (QED) is 0.837. The molecule has 1 aromatic heterocycles. The molecule has 0 aliphatic carbocycles. The van der Waals surface area contributed by atoms with Crippen LogP contribution in [-0.4, -0.2) is 23.4 Å². The normalized spacial score (nSPS) is 10.7. The summed E-state index contributed by atoms with van der Waals surface area (Å²) in [6.07, 6.45) is 0.895. The second kappa shape index (κ2) is 5.01. The van der Waals surface area contributed by atoms with E-state index in [-0.39, 0.29) is 0 Å². The van der Waals surface area contributed by atoms with Gasteiger partial charge in [-0.2, -0.15) is 5.10 Å². The largest absolute Gasteiger partial charge is 0.383 e. The third-order valence-electron chi connectivity index (χ3n) is 2.88. The van der Waals surface area contributed by atoms with Crippen LogP contribution in [0.5, 0.6) is 0 Å². The van der Waals surface area contributed by atoms with Crippen molar-refractivity contribution in [2.75, 3.05) is 19.3 Å². The molecule has 0 aliphatic heterocycles. The number of benzene rings is 1. The molecule has 2 rings (SSSR count). The molecule has 3 N–H and O–H groups in total. The predicted octanol–water partition coefficient (Wildman–Crippen LogP) is 1.52. The number of nitrogens with one attached hydrogen (secondary N) is 1. The molecule has 0 aliphatic rings. The second-order valence-electron chi connectivity index (χ2n) is 4.06. The van der Waals surface area contributed by atoms with Gasteiger partial charge in [-0.1, -0.05) is 18.2 Å². The molecule has 2 aromatic rings. The highest BCUT2D eigenvalue weighted by atomic mass is 15.3. The van der Waals surface area contributed by atoms with E-state index in [2.05, 4.69) is 10.4 Å². The van der Waals surface area contributed by atoms with Crippen LogP contribution in [0.25, 0.3) is 5.69 Å². The predicted molar refractivity (Wildman–Crippen MR) is 70.3 cm³/mol. The Balaban J connectivity index is 2.36. The lowest BCUT2D eigenvalue weighted by Gasteiger charge is -2.02. The highest BCUT2D eigenvalue weighted by Gasteiger charge is 2.11. The van der Waals surface area contributed by atoms with E-state index in [0.29, 0.717) is 0 Å². The molecule has 0 radical (unpaired) electrons. The lowest BCUT2D eigenvalue weighted by atomic mass is 10.2. The van der Waals surface area contributed by atoms with Gasteiger partial charge in [0.15, 0.2) is 0 Å². The maximum absolute atomic E-state index is 6.09. The van der Waals surface area contributed by atoms with Crippen LogP contribution in [0.2, 0.25) is 0 Å². The Bertz CT molecular complexity index is 488. The SMILES string of the molecule is CNCCc1nn(-c2ccccc2)c(N)c1C. The zero-order valence-electron chi connectivity index (χ0n) is 10.3. The standard InChI is InChI=1S/C13H18N4/c1-10-12(8-9-15-2)16-17(13(10)14)11-6-4-3-5-7-11/h3-7,15H,8-9,14H2,1-2H3. The number of anilines is 1. The molecule has 0 bridgehead atoms. The Morgan fingerprint density at radius 3 is 2.65 bits per heavy atom. The maximum Gasteiger partial charge on any atom is 0.130 e. The van der Waals surface area contributed by atoms with Crippen molar-refractivity contribution in [2.45, 2.75) is 13.3 Å². The summed E-state index contributed by atoms with van der Waals surface area (Å²) in [5.74, 6) is 0.724. The van der Waals surface area contributed by atoms with Crippen molar-refractivity contribution in [3.8, 4) is 5.69 Å². The van der Waals surface area contributed by atoms with Gasteiger partial charge in [0, 0.05) is 18.5 Å². The first-order chi connectivity index (χ1) is 8.24. The summed E-state index contributed by atoms with van der Waals surface area (Å²) in [6.45, 7) is 2.93. The lowest BCUT2D eigenvalue weighted by Crippen LogP contribution is -2.11. The molecule has 1 heterocycles. The lowest BCUT2D eigenvalue weighted by molar-refractivity contribution is 0.754. The van der Waals surface area contributed by atoms with Crippen molar-refractivity contribution in [1.82, 2.24) is 15.1 Å². The van der Waals surface area contributed by atoms with Gasteiger partial charge in [0.05, 0.1) is 11.4 Å². The highest BCUT2D eigenvalue weighted by Crippen LogP contribution is 2.20. The van der Waals surface area contributed by atoms with Crippen LogP contribution < -0.4 is 11.1 Å². The van der Waals surface area contributed by atoms with Gasteiger partial charge in [-0.05, 0) is 26.1 Å². The van der Waals surface area contributed by atoms with E-state index in [4.69, 9.17) is 5.73 Å². The molecule has 0 spiro atoms. The molecular formula is C13H18N4. The Morgan fingerprint density at radius 2 is 2.00 bits per heavy atom. The van der Waals surface area contributed by atoms with E-state index < -0.39 is 0 Å². The molecule has 1 aromatic carbocycles. The van der Waals surface area contributed by atoms with Crippen molar-refractivity contribution in [3.63, 3.8) is 0 Å². The van der Waals surface area contributed by atoms with Crippen LogP contribution >= 0.6 is 0 Å². The van der Waals surface area contributed by atoms with Crippen molar-refractivity contribution >= 4 is 5.82 Å². The number of nitrogen functional groups attached to an aromatic ring is 1. The number of rotatable bonds is 4. The van der Waals surface area contributed by atoms with Gasteiger partial charge in [0.2, 0.25) is 0 Å². The van der Waals surface area contributed by atoms with Gasteiger partial charge in [0.1, 0.15) is 5.82 Å². The average Bonchev–Trinajstić information content (AvgIpc) is 2.65. The van der Waals surface area contributed by atoms with Gasteiger partial charge >= 0.3 is 0 Å². The molecular weight excluding hydrogens is 212 g/mol. The van der Waals surface area contributed by atoms with Gasteiger partial charge in [-0.25, -0.2) is 4.68 Å². The smallest absolute Gasteiger partial charge is 0.130 e. The Labute approximate surface area is 101 Å². The number of para-hydroxylation sites is 1. The van der Waals surface area contributed by atoms with Gasteiger partial charge in [-0.15, -0.1) is 0 Å². The fourth-order valence-electron chi connectivity index (χ4n) is 1.80. The molecule has 4 nitrogen and oxygen atoms in total. The number of nitrogens with zero attached hydrogens (tertiary/aromatic N) is 2. The summed E-state index contributed by atoms with van der Waals surface area (Å²) in [6, 6.07) is 9.96. The summed E-state index contributed by atoms with van der Waals surface area (Å²) >= 11 is 0. The van der Waals surface area contributed by atoms with Crippen LogP contribution in [0.1, 0.15) is 11.3 Å². The number of hydrogen-bond donors (Lipinski definition) is 2. The maximum atomic E-state index is 6.09. The Morgan fingerprint density at radius 1 is 1.29 bits per heavy atom. The van der Waals surface area contributed by atoms with Gasteiger partial charge in [0.25, 0.3) is 0 Å². The number of aromatic nitrogens is 2. The Kier molecular flexibility index (Phi) is 3.44. The van der Waals surface area contributed by atoms with E-state index in [1.807, 2.05) is 44.3 Å². The van der Waals surface area contributed by atoms with Crippen molar-refractivity contribution in [3.05, 3.63) is 41.6 Å². The van der Waals surface area contributed by atoms with E-state index >= 15 is 0 Å². The second-order valence-corrected chi connectivity index (χ2v) is 4.06. The molecule has 0 unspecified atom stereocenters. The molecule has 0 fully saturated rings. The zero-order valence-corrected chi connectivity index (χ0v) is 10.3. The summed E-state index contributed by atoms with van der Waals surface area (Å²) in [5, 5.41) is 7.69. The van der Waals surface area contributed by atoms with Crippen molar-refractivity contribution in [2.24, 2.45) is 0 Å². The van der Waals surface area contributed by atoms with Gasteiger partial charge in [-0.3, -0.25) is 0 Å². The minimum atomic E-state index is 0.724. The number of likely N-dealkylation sites (N-methyl/N-ethyl adjacent to an activating group) is 1. The number of nitrogens with two attached hydrogens (primary N) is 1. The molecule has 0 amide bonds. The van der Waals surface area contributed by atoms with Crippen molar-refractivity contribution < 1.29 is 0 Å². The van der Waals surface area contributed by atoms with Crippen molar-refractivity contribution in [1.29, 1.82) is 0 Å². The fraction of sp³-hybridized carbons (Fsp3) is 0.308. The molecule has 4 heteroatoms. The molecule has 0 saturated carbocycles. The summed E-state index contributed by atoms with van der Waals surface area (Å²) in [4.78, 5) is 0. The monoisotopic (exact) mass is 230 g/mol. The van der Waals surface area contributed by atoms with E-state index in [1.54, 1.807) is 4.68 Å². The minimum absolute atomic E-state index is 0.724. The summed E-state index contributed by atoms with van der Waals surface area (Å²) < 4.78 is 1.81. The molecule has 90 valence electrons. The topological polar surface area (TPSA) is 55.9 Å². The zero-order chi connectivity index (χ0) is 12.3. The number of hydrogen-bond acceptors (Lipinski definition) is 3. The summed E-state index contributed by atoms with van der Waals surface area (Å²) in [5.41, 5.74) is 9.22. The van der Waals surface area contributed by atoms with Crippen LogP contribution in [0.3, 0.4) is 0 Å². The highest BCUT2D eigenvalue weighted by molar-refractivity contribution is 5.49. The molecule has 0 saturated heterocycles. The fourth-order valence-corrected chi connectivity index (χ4v) is 1.80. The van der Waals surface area contributed by atoms with Crippen LogP contribution in [0, 0.1) is 6.92 Å². The first kappa shape index (κ1) is 11.7. The van der Waals surface area contributed by atoms with Gasteiger partial charge < -0.3 is 11.1 Å². The summed E-state index contributed by atoms with van der Waals surface area (Å²) in [7, 11) is 1.94. The first-order valence-corrected chi connectivity index (χ1v) is 5.78. The first-order valence-electron chi connectivity index (χ1n) is 5.78. The van der Waals surface area contributed by atoms with E-state index in [1.165, 1.54) is 0 Å². The third-order valence-corrected chi connectivity index (χ3v) is 2.88. The van der Waals surface area contributed by atoms with E-state index in [9.17, 15) is 0 Å². The van der Waals surface area contributed by atoms with Crippen LogP contribution in [0.4, 0.5) is 5.82 Å². The van der Waals surface area contributed by atoms with Crippen LogP contribution in [-0.2, 0) is 6.42 Å².